The summed E-state index contributed by atoms with van der Waals surface area (Å²) in [6, 6.07) is 0. The standard InChI is InChI=1S/C11H22N2O2/c1-10(9-12)3-4-11(14)13-5-2-7-15-8-6-13/h10H,2-9,12H2,1H3. The van der Waals surface area contributed by atoms with Gasteiger partial charge in [-0.1, -0.05) is 6.92 Å². The summed E-state index contributed by atoms with van der Waals surface area (Å²) in [7, 11) is 0. The number of hydrogen-bond donors (Lipinski definition) is 1. The molecule has 0 aromatic heterocycles. The van der Waals surface area contributed by atoms with Gasteiger partial charge in [-0.3, -0.25) is 4.79 Å². The number of nitrogens with zero attached hydrogens (tertiary/aromatic N) is 1. The lowest BCUT2D eigenvalue weighted by Gasteiger charge is -2.20. The summed E-state index contributed by atoms with van der Waals surface area (Å²) in [6.07, 6.45) is 2.48. The molecule has 0 spiro atoms. The smallest absolute Gasteiger partial charge is 0.222 e. The molecule has 1 aliphatic rings. The first-order chi connectivity index (χ1) is 7.24. The van der Waals surface area contributed by atoms with Crippen molar-refractivity contribution < 1.29 is 9.53 Å². The van der Waals surface area contributed by atoms with Crippen LogP contribution in [0.5, 0.6) is 0 Å². The van der Waals surface area contributed by atoms with Gasteiger partial charge in [0.2, 0.25) is 5.91 Å². The maximum absolute atomic E-state index is 11.8. The first kappa shape index (κ1) is 12.5. The van der Waals surface area contributed by atoms with Crippen LogP contribution in [-0.2, 0) is 9.53 Å². The van der Waals surface area contributed by atoms with Gasteiger partial charge in [0, 0.05) is 26.1 Å². The fourth-order valence-corrected chi connectivity index (χ4v) is 1.64. The summed E-state index contributed by atoms with van der Waals surface area (Å²) in [4.78, 5) is 13.7. The van der Waals surface area contributed by atoms with Crippen LogP contribution in [0.2, 0.25) is 0 Å². The van der Waals surface area contributed by atoms with Gasteiger partial charge in [0.25, 0.3) is 0 Å². The van der Waals surface area contributed by atoms with Crippen LogP contribution in [0.15, 0.2) is 0 Å². The third-order valence-corrected chi connectivity index (χ3v) is 2.83. The first-order valence-corrected chi connectivity index (χ1v) is 5.79. The Labute approximate surface area is 91.8 Å². The molecule has 2 N–H and O–H groups in total. The second kappa shape index (κ2) is 6.80. The van der Waals surface area contributed by atoms with E-state index in [0.29, 0.717) is 25.5 Å². The van der Waals surface area contributed by atoms with Crippen LogP contribution < -0.4 is 5.73 Å². The molecular weight excluding hydrogens is 192 g/mol. The van der Waals surface area contributed by atoms with E-state index in [0.717, 1.165) is 32.5 Å². The second-order valence-corrected chi connectivity index (χ2v) is 4.23. The quantitative estimate of drug-likeness (QED) is 0.746. The van der Waals surface area contributed by atoms with Gasteiger partial charge in [0.1, 0.15) is 0 Å². The molecule has 88 valence electrons. The van der Waals surface area contributed by atoms with E-state index < -0.39 is 0 Å². The van der Waals surface area contributed by atoms with Crippen molar-refractivity contribution in [2.75, 3.05) is 32.8 Å². The zero-order valence-corrected chi connectivity index (χ0v) is 9.58. The Kier molecular flexibility index (Phi) is 5.65. The molecule has 0 aromatic rings. The minimum absolute atomic E-state index is 0.251. The molecule has 1 rings (SSSR count). The van der Waals surface area contributed by atoms with E-state index in [9.17, 15) is 4.79 Å². The van der Waals surface area contributed by atoms with E-state index in [2.05, 4.69) is 6.92 Å². The van der Waals surface area contributed by atoms with Gasteiger partial charge in [0.15, 0.2) is 0 Å². The Morgan fingerprint density at radius 1 is 1.47 bits per heavy atom. The second-order valence-electron chi connectivity index (χ2n) is 4.23. The number of ether oxygens (including phenoxy) is 1. The van der Waals surface area contributed by atoms with E-state index in [1.807, 2.05) is 4.90 Å². The van der Waals surface area contributed by atoms with Gasteiger partial charge in [-0.25, -0.2) is 0 Å². The molecule has 1 saturated heterocycles. The Morgan fingerprint density at radius 3 is 3.00 bits per heavy atom. The molecule has 0 aliphatic carbocycles. The van der Waals surface area contributed by atoms with Gasteiger partial charge in [-0.15, -0.1) is 0 Å². The van der Waals surface area contributed by atoms with E-state index in [-0.39, 0.29) is 5.91 Å². The summed E-state index contributed by atoms with van der Waals surface area (Å²) in [6.45, 7) is 5.79. The number of hydrogen-bond acceptors (Lipinski definition) is 3. The van der Waals surface area contributed by atoms with Crippen LogP contribution in [0.4, 0.5) is 0 Å². The molecular formula is C11H22N2O2. The van der Waals surface area contributed by atoms with Crippen LogP contribution in [0.3, 0.4) is 0 Å². The maximum Gasteiger partial charge on any atom is 0.222 e. The molecule has 1 unspecified atom stereocenters. The van der Waals surface area contributed by atoms with Crippen molar-refractivity contribution in [2.45, 2.75) is 26.2 Å². The minimum atomic E-state index is 0.251. The number of carbonyl (C=O) groups is 1. The highest BCUT2D eigenvalue weighted by atomic mass is 16.5. The third kappa shape index (κ3) is 4.62. The average molecular weight is 214 g/mol. The SMILES string of the molecule is CC(CN)CCC(=O)N1CCCOCC1. The molecule has 1 fully saturated rings. The van der Waals surface area contributed by atoms with Gasteiger partial charge >= 0.3 is 0 Å². The Bertz CT molecular complexity index is 189. The molecule has 1 heterocycles. The van der Waals surface area contributed by atoms with Gasteiger partial charge in [-0.05, 0) is 25.3 Å². The van der Waals surface area contributed by atoms with Crippen LogP contribution in [-0.4, -0.2) is 43.7 Å². The average Bonchev–Trinajstić information content (AvgIpc) is 2.53. The maximum atomic E-state index is 11.8. The summed E-state index contributed by atoms with van der Waals surface area (Å²) < 4.78 is 5.31. The molecule has 1 atom stereocenters. The van der Waals surface area contributed by atoms with Crippen molar-refractivity contribution in [3.05, 3.63) is 0 Å². The van der Waals surface area contributed by atoms with E-state index in [1.54, 1.807) is 0 Å². The normalized spacial score (nSPS) is 19.7. The minimum Gasteiger partial charge on any atom is -0.380 e. The fourth-order valence-electron chi connectivity index (χ4n) is 1.64. The van der Waals surface area contributed by atoms with Crippen LogP contribution in [0.25, 0.3) is 0 Å². The first-order valence-electron chi connectivity index (χ1n) is 5.79. The monoisotopic (exact) mass is 214 g/mol. The Hall–Kier alpha value is -0.610. The van der Waals surface area contributed by atoms with Crippen LogP contribution >= 0.6 is 0 Å². The van der Waals surface area contributed by atoms with Crippen molar-refractivity contribution in [3.8, 4) is 0 Å². The van der Waals surface area contributed by atoms with Gasteiger partial charge < -0.3 is 15.4 Å². The van der Waals surface area contributed by atoms with E-state index >= 15 is 0 Å². The van der Waals surface area contributed by atoms with Gasteiger partial charge in [-0.2, -0.15) is 0 Å². The fraction of sp³-hybridized carbons (Fsp3) is 0.909. The zero-order chi connectivity index (χ0) is 11.1. The lowest BCUT2D eigenvalue weighted by atomic mass is 10.1. The van der Waals surface area contributed by atoms with E-state index in [1.165, 1.54) is 0 Å². The van der Waals surface area contributed by atoms with E-state index in [4.69, 9.17) is 10.5 Å². The van der Waals surface area contributed by atoms with Crippen molar-refractivity contribution in [1.82, 2.24) is 4.90 Å². The molecule has 4 nitrogen and oxygen atoms in total. The summed E-state index contributed by atoms with van der Waals surface area (Å²) in [5.41, 5.74) is 5.52. The molecule has 0 bridgehead atoms. The van der Waals surface area contributed by atoms with Crippen molar-refractivity contribution in [2.24, 2.45) is 11.7 Å². The van der Waals surface area contributed by atoms with Crippen LogP contribution in [0.1, 0.15) is 26.2 Å². The van der Waals surface area contributed by atoms with Crippen LogP contribution in [0, 0.1) is 5.92 Å². The highest BCUT2D eigenvalue weighted by molar-refractivity contribution is 5.76. The Morgan fingerprint density at radius 2 is 2.27 bits per heavy atom. The molecule has 1 amide bonds. The third-order valence-electron chi connectivity index (χ3n) is 2.83. The largest absolute Gasteiger partial charge is 0.380 e. The molecule has 0 aromatic carbocycles. The number of nitrogens with two attached hydrogens (primary N) is 1. The Balaban J connectivity index is 2.25. The highest BCUT2D eigenvalue weighted by Gasteiger charge is 2.15. The number of carbonyl (C=O) groups excluding carboxylic acids is 1. The lowest BCUT2D eigenvalue weighted by Crippen LogP contribution is -2.33. The van der Waals surface area contributed by atoms with Gasteiger partial charge in [0.05, 0.1) is 6.61 Å². The molecule has 0 saturated carbocycles. The molecule has 4 heteroatoms. The highest BCUT2D eigenvalue weighted by Crippen LogP contribution is 2.08. The topological polar surface area (TPSA) is 55.6 Å². The summed E-state index contributed by atoms with van der Waals surface area (Å²) in [5, 5.41) is 0. The molecule has 15 heavy (non-hydrogen) atoms. The van der Waals surface area contributed by atoms with Crippen molar-refractivity contribution >= 4 is 5.91 Å². The molecule has 1 aliphatic heterocycles. The predicted octanol–water partition coefficient (Wildman–Crippen LogP) is 0.610. The van der Waals surface area contributed by atoms with Crippen molar-refractivity contribution in [1.29, 1.82) is 0 Å². The summed E-state index contributed by atoms with van der Waals surface area (Å²) >= 11 is 0. The number of amides is 1. The summed E-state index contributed by atoms with van der Waals surface area (Å²) in [5.74, 6) is 0.693. The zero-order valence-electron chi connectivity index (χ0n) is 9.58. The lowest BCUT2D eigenvalue weighted by molar-refractivity contribution is -0.131. The molecule has 0 radical (unpaired) electrons. The number of rotatable bonds is 4. The predicted molar refractivity (Wildman–Crippen MR) is 59.5 cm³/mol. The van der Waals surface area contributed by atoms with Crippen molar-refractivity contribution in [3.63, 3.8) is 0 Å².